The third-order valence-electron chi connectivity index (χ3n) is 2.45. The van der Waals surface area contributed by atoms with Crippen molar-refractivity contribution in [2.24, 2.45) is 0 Å². The highest BCUT2D eigenvalue weighted by molar-refractivity contribution is 7.89. The first kappa shape index (κ1) is 15.3. The van der Waals surface area contributed by atoms with Gasteiger partial charge < -0.3 is 15.2 Å². The van der Waals surface area contributed by atoms with Crippen LogP contribution in [0.25, 0.3) is 0 Å². The number of ether oxygens (including phenoxy) is 2. The maximum Gasteiger partial charge on any atom is 0.244 e. The van der Waals surface area contributed by atoms with Crippen molar-refractivity contribution in [1.82, 2.24) is 4.72 Å². The molecule has 0 aliphatic carbocycles. The van der Waals surface area contributed by atoms with E-state index < -0.39 is 10.0 Å². The number of hydrogen-bond acceptors (Lipinski definition) is 5. The van der Waals surface area contributed by atoms with Crippen LogP contribution in [0.15, 0.2) is 29.7 Å². The van der Waals surface area contributed by atoms with Crippen molar-refractivity contribution in [3.63, 3.8) is 0 Å². The van der Waals surface area contributed by atoms with E-state index >= 15 is 0 Å². The standard InChI is InChI=1S/C12H18N2O4S/c1-4-5-6-14-19(15,16)12-7-9(13)10(17-2)8-11(12)18-3/h4,7-8,14H,1,5-6,13H2,2-3H3. The minimum Gasteiger partial charge on any atom is -0.495 e. The zero-order valence-electron chi connectivity index (χ0n) is 11.0. The van der Waals surface area contributed by atoms with Gasteiger partial charge in [0, 0.05) is 12.6 Å². The Hall–Kier alpha value is -1.73. The lowest BCUT2D eigenvalue weighted by Crippen LogP contribution is -2.25. The van der Waals surface area contributed by atoms with Gasteiger partial charge in [-0.2, -0.15) is 0 Å². The highest BCUT2D eigenvalue weighted by Gasteiger charge is 2.21. The highest BCUT2D eigenvalue weighted by atomic mass is 32.2. The molecular weight excluding hydrogens is 268 g/mol. The van der Waals surface area contributed by atoms with Gasteiger partial charge in [-0.05, 0) is 12.5 Å². The Morgan fingerprint density at radius 1 is 1.32 bits per heavy atom. The molecule has 0 unspecified atom stereocenters. The van der Waals surface area contributed by atoms with Gasteiger partial charge in [0.15, 0.2) is 0 Å². The fourth-order valence-electron chi connectivity index (χ4n) is 1.48. The molecule has 0 aliphatic rings. The molecule has 0 atom stereocenters. The second kappa shape index (κ2) is 6.44. The number of nitrogen functional groups attached to an aromatic ring is 1. The third-order valence-corrected chi connectivity index (χ3v) is 3.93. The molecule has 0 aromatic heterocycles. The van der Waals surface area contributed by atoms with Crippen LogP contribution in [-0.2, 0) is 10.0 Å². The smallest absolute Gasteiger partial charge is 0.244 e. The van der Waals surface area contributed by atoms with Crippen LogP contribution < -0.4 is 19.9 Å². The van der Waals surface area contributed by atoms with E-state index in [1.54, 1.807) is 6.08 Å². The van der Waals surface area contributed by atoms with Crippen LogP contribution in [0.1, 0.15) is 6.42 Å². The fourth-order valence-corrected chi connectivity index (χ4v) is 2.71. The molecule has 0 heterocycles. The second-order valence-corrected chi connectivity index (χ2v) is 5.46. The lowest BCUT2D eigenvalue weighted by molar-refractivity contribution is 0.387. The minimum atomic E-state index is -3.68. The summed E-state index contributed by atoms with van der Waals surface area (Å²) in [5.41, 5.74) is 5.95. The Kier molecular flexibility index (Phi) is 5.20. The highest BCUT2D eigenvalue weighted by Crippen LogP contribution is 2.33. The molecule has 7 heteroatoms. The number of nitrogens with two attached hydrogens (primary N) is 1. The largest absolute Gasteiger partial charge is 0.495 e. The molecule has 3 N–H and O–H groups in total. The van der Waals surface area contributed by atoms with Gasteiger partial charge >= 0.3 is 0 Å². The van der Waals surface area contributed by atoms with Crippen molar-refractivity contribution in [2.75, 3.05) is 26.5 Å². The minimum absolute atomic E-state index is 0.0163. The predicted octanol–water partition coefficient (Wildman–Crippen LogP) is 1.14. The van der Waals surface area contributed by atoms with Crippen LogP contribution in [0.3, 0.4) is 0 Å². The molecule has 1 rings (SSSR count). The van der Waals surface area contributed by atoms with Crippen molar-refractivity contribution in [2.45, 2.75) is 11.3 Å². The lowest BCUT2D eigenvalue weighted by Gasteiger charge is -2.13. The Balaban J connectivity index is 3.18. The summed E-state index contributed by atoms with van der Waals surface area (Å²) in [7, 11) is -0.852. The van der Waals surface area contributed by atoms with Gasteiger partial charge in [0.05, 0.1) is 19.9 Å². The molecule has 0 fully saturated rings. The van der Waals surface area contributed by atoms with E-state index in [2.05, 4.69) is 11.3 Å². The molecule has 19 heavy (non-hydrogen) atoms. The number of benzene rings is 1. The zero-order valence-corrected chi connectivity index (χ0v) is 11.8. The summed E-state index contributed by atoms with van der Waals surface area (Å²) in [5, 5.41) is 0. The average Bonchev–Trinajstić information content (AvgIpc) is 2.38. The zero-order chi connectivity index (χ0) is 14.5. The molecule has 6 nitrogen and oxygen atoms in total. The first-order valence-corrected chi connectivity index (χ1v) is 7.06. The van der Waals surface area contributed by atoms with Crippen LogP contribution in [-0.4, -0.2) is 29.2 Å². The van der Waals surface area contributed by atoms with E-state index in [1.165, 1.54) is 26.4 Å². The molecule has 1 aromatic carbocycles. The number of rotatable bonds is 7. The predicted molar refractivity (Wildman–Crippen MR) is 74.0 cm³/mol. The second-order valence-electron chi connectivity index (χ2n) is 3.72. The summed E-state index contributed by atoms with van der Waals surface area (Å²) < 4.78 is 36.8. The van der Waals surface area contributed by atoms with E-state index in [0.717, 1.165) is 0 Å². The summed E-state index contributed by atoms with van der Waals surface area (Å²) >= 11 is 0. The molecule has 0 spiro atoms. The summed E-state index contributed by atoms with van der Waals surface area (Å²) in [6, 6.07) is 2.76. The molecule has 1 aromatic rings. The number of hydrogen-bond donors (Lipinski definition) is 2. The summed E-state index contributed by atoms with van der Waals surface area (Å²) in [5.74, 6) is 0.541. The van der Waals surface area contributed by atoms with E-state index in [1.807, 2.05) is 0 Å². The molecule has 0 aliphatic heterocycles. The van der Waals surface area contributed by atoms with Crippen molar-refractivity contribution in [1.29, 1.82) is 0 Å². The van der Waals surface area contributed by atoms with Crippen LogP contribution in [0, 0.1) is 0 Å². The number of methoxy groups -OCH3 is 2. The molecule has 0 saturated carbocycles. The van der Waals surface area contributed by atoms with Crippen LogP contribution in [0.4, 0.5) is 5.69 Å². The Labute approximate surface area is 113 Å². The Bertz CT molecular complexity index is 555. The first-order valence-electron chi connectivity index (χ1n) is 5.58. The quantitative estimate of drug-likeness (QED) is 0.445. The van der Waals surface area contributed by atoms with Crippen LogP contribution in [0.2, 0.25) is 0 Å². The summed E-state index contributed by atoms with van der Waals surface area (Å²) in [4.78, 5) is -0.0163. The van der Waals surface area contributed by atoms with Gasteiger partial charge in [0.2, 0.25) is 10.0 Å². The molecule has 0 bridgehead atoms. The van der Waals surface area contributed by atoms with Gasteiger partial charge in [-0.15, -0.1) is 6.58 Å². The van der Waals surface area contributed by atoms with E-state index in [-0.39, 0.29) is 22.9 Å². The van der Waals surface area contributed by atoms with Crippen molar-refractivity contribution < 1.29 is 17.9 Å². The van der Waals surface area contributed by atoms with Gasteiger partial charge in [-0.3, -0.25) is 0 Å². The maximum absolute atomic E-state index is 12.1. The number of sulfonamides is 1. The molecule has 106 valence electrons. The summed E-state index contributed by atoms with van der Waals surface area (Å²) in [6.45, 7) is 3.79. The number of anilines is 1. The average molecular weight is 286 g/mol. The topological polar surface area (TPSA) is 90.7 Å². The monoisotopic (exact) mass is 286 g/mol. The van der Waals surface area contributed by atoms with Crippen molar-refractivity contribution in [3.8, 4) is 11.5 Å². The van der Waals surface area contributed by atoms with Crippen LogP contribution >= 0.6 is 0 Å². The van der Waals surface area contributed by atoms with E-state index in [0.29, 0.717) is 12.2 Å². The lowest BCUT2D eigenvalue weighted by atomic mass is 10.3. The molecular formula is C12H18N2O4S. The summed E-state index contributed by atoms with van der Waals surface area (Å²) in [6.07, 6.45) is 2.16. The Morgan fingerprint density at radius 2 is 1.95 bits per heavy atom. The molecule has 0 saturated heterocycles. The maximum atomic E-state index is 12.1. The molecule has 0 radical (unpaired) electrons. The van der Waals surface area contributed by atoms with Crippen molar-refractivity contribution >= 4 is 15.7 Å². The normalized spacial score (nSPS) is 11.1. The number of nitrogens with one attached hydrogen (secondary N) is 1. The third kappa shape index (κ3) is 3.62. The van der Waals surface area contributed by atoms with E-state index in [4.69, 9.17) is 15.2 Å². The molecule has 0 amide bonds. The van der Waals surface area contributed by atoms with Gasteiger partial charge in [-0.25, -0.2) is 13.1 Å². The van der Waals surface area contributed by atoms with Crippen LogP contribution in [0.5, 0.6) is 11.5 Å². The fraction of sp³-hybridized carbons (Fsp3) is 0.333. The van der Waals surface area contributed by atoms with Gasteiger partial charge in [0.25, 0.3) is 0 Å². The SMILES string of the molecule is C=CCCNS(=O)(=O)c1cc(N)c(OC)cc1OC. The van der Waals surface area contributed by atoms with Gasteiger partial charge in [0.1, 0.15) is 16.4 Å². The van der Waals surface area contributed by atoms with Gasteiger partial charge in [-0.1, -0.05) is 6.08 Å². The Morgan fingerprint density at radius 3 is 2.47 bits per heavy atom. The van der Waals surface area contributed by atoms with E-state index in [9.17, 15) is 8.42 Å². The first-order chi connectivity index (χ1) is 8.96. The van der Waals surface area contributed by atoms with Crippen molar-refractivity contribution in [3.05, 3.63) is 24.8 Å².